The van der Waals surface area contributed by atoms with E-state index in [0.717, 1.165) is 31.6 Å². The summed E-state index contributed by atoms with van der Waals surface area (Å²) >= 11 is 0. The minimum Gasteiger partial charge on any atom is -0.479 e. The smallest absolute Gasteiger partial charge is 0.332 e. The number of rotatable bonds is 3. The van der Waals surface area contributed by atoms with E-state index in [0.29, 0.717) is 12.8 Å². The molecule has 1 aliphatic carbocycles. The van der Waals surface area contributed by atoms with Gasteiger partial charge in [0.1, 0.15) is 6.10 Å². The first-order valence-electron chi connectivity index (χ1n) is 7.25. The molecule has 1 aliphatic heterocycles. The summed E-state index contributed by atoms with van der Waals surface area (Å²) in [7, 11) is 0. The topological polar surface area (TPSA) is 75.6 Å². The number of carbonyl (C=O) groups excluding carboxylic acids is 1. The van der Waals surface area contributed by atoms with Crippen molar-refractivity contribution in [3.05, 3.63) is 0 Å². The minimum atomic E-state index is -0.974. The van der Waals surface area contributed by atoms with Crippen molar-refractivity contribution in [1.82, 2.24) is 5.32 Å². The molecule has 0 aromatic rings. The van der Waals surface area contributed by atoms with Crippen molar-refractivity contribution in [2.24, 2.45) is 5.92 Å². The van der Waals surface area contributed by atoms with Gasteiger partial charge in [0.15, 0.2) is 6.10 Å². The first kappa shape index (κ1) is 14.3. The average molecular weight is 269 g/mol. The van der Waals surface area contributed by atoms with Crippen molar-refractivity contribution in [3.63, 3.8) is 0 Å². The maximum Gasteiger partial charge on any atom is 0.332 e. The second-order valence-electron chi connectivity index (χ2n) is 5.85. The summed E-state index contributed by atoms with van der Waals surface area (Å²) in [6, 6.07) is 0.227. The zero-order valence-corrected chi connectivity index (χ0v) is 11.4. The van der Waals surface area contributed by atoms with Crippen LogP contribution in [0, 0.1) is 5.92 Å². The number of ether oxygens (including phenoxy) is 1. The molecule has 2 unspecified atom stereocenters. The van der Waals surface area contributed by atoms with Crippen LogP contribution in [-0.4, -0.2) is 35.2 Å². The van der Waals surface area contributed by atoms with E-state index in [2.05, 4.69) is 12.2 Å². The van der Waals surface area contributed by atoms with Crippen LogP contribution in [0.15, 0.2) is 0 Å². The van der Waals surface area contributed by atoms with Crippen LogP contribution in [-0.2, 0) is 14.3 Å². The molecule has 5 nitrogen and oxygen atoms in total. The number of carboxylic acid groups (broad SMARTS) is 1. The molecule has 5 heteroatoms. The van der Waals surface area contributed by atoms with E-state index in [1.54, 1.807) is 0 Å². The Morgan fingerprint density at radius 2 is 1.79 bits per heavy atom. The molecule has 2 N–H and O–H groups in total. The van der Waals surface area contributed by atoms with Crippen LogP contribution in [0.5, 0.6) is 0 Å². The third-order valence-corrected chi connectivity index (χ3v) is 4.19. The number of amides is 1. The summed E-state index contributed by atoms with van der Waals surface area (Å²) in [6.07, 6.45) is 5.09. The highest BCUT2D eigenvalue weighted by Crippen LogP contribution is 2.24. The molecule has 1 saturated heterocycles. The summed E-state index contributed by atoms with van der Waals surface area (Å²) in [5, 5.41) is 11.9. The fraction of sp³-hybridized carbons (Fsp3) is 0.857. The Hall–Kier alpha value is -1.10. The third kappa shape index (κ3) is 3.93. The lowest BCUT2D eigenvalue weighted by atomic mass is 10.0. The van der Waals surface area contributed by atoms with Gasteiger partial charge < -0.3 is 15.2 Å². The maximum absolute atomic E-state index is 12.0. The Balaban J connectivity index is 1.79. The molecule has 1 heterocycles. The van der Waals surface area contributed by atoms with Crippen molar-refractivity contribution < 1.29 is 19.4 Å². The fourth-order valence-electron chi connectivity index (χ4n) is 2.94. The van der Waals surface area contributed by atoms with E-state index in [9.17, 15) is 9.59 Å². The Bertz CT molecular complexity index is 344. The van der Waals surface area contributed by atoms with Gasteiger partial charge in [-0.2, -0.15) is 0 Å². The van der Waals surface area contributed by atoms with Crippen LogP contribution in [0.4, 0.5) is 0 Å². The normalized spacial score (nSPS) is 35.6. The average Bonchev–Trinajstić information content (AvgIpc) is 2.77. The monoisotopic (exact) mass is 269 g/mol. The molecule has 2 aliphatic rings. The Morgan fingerprint density at radius 1 is 1.05 bits per heavy atom. The van der Waals surface area contributed by atoms with E-state index in [1.807, 2.05) is 0 Å². The number of aliphatic carboxylic acids is 1. The van der Waals surface area contributed by atoms with E-state index >= 15 is 0 Å². The molecular weight excluding hydrogens is 246 g/mol. The second-order valence-corrected chi connectivity index (χ2v) is 5.85. The number of hydrogen-bond donors (Lipinski definition) is 2. The molecule has 0 aromatic carbocycles. The molecule has 108 valence electrons. The van der Waals surface area contributed by atoms with E-state index in [-0.39, 0.29) is 11.9 Å². The van der Waals surface area contributed by atoms with Gasteiger partial charge in [0.2, 0.25) is 5.91 Å². The summed E-state index contributed by atoms with van der Waals surface area (Å²) in [6.45, 7) is 2.25. The number of carboxylic acids is 1. The highest BCUT2D eigenvalue weighted by Gasteiger charge is 2.35. The van der Waals surface area contributed by atoms with Gasteiger partial charge in [-0.25, -0.2) is 4.79 Å². The zero-order valence-electron chi connectivity index (χ0n) is 11.4. The standard InChI is InChI=1S/C14H23NO4/c1-9-3-2-4-10(6-5-9)15-13(16)11-7-8-12(19-11)14(17)18/h9-12H,2-8H2,1H3,(H,15,16)(H,17,18)/t9?,10?,11-,12+/m0/s1. The van der Waals surface area contributed by atoms with Crippen molar-refractivity contribution >= 4 is 11.9 Å². The van der Waals surface area contributed by atoms with Gasteiger partial charge in [0, 0.05) is 6.04 Å². The molecule has 4 atom stereocenters. The van der Waals surface area contributed by atoms with Gasteiger partial charge in [-0.3, -0.25) is 4.79 Å². The highest BCUT2D eigenvalue weighted by molar-refractivity contribution is 5.82. The van der Waals surface area contributed by atoms with Crippen LogP contribution < -0.4 is 5.32 Å². The zero-order chi connectivity index (χ0) is 13.8. The van der Waals surface area contributed by atoms with Crippen LogP contribution in [0.3, 0.4) is 0 Å². The van der Waals surface area contributed by atoms with Crippen LogP contribution in [0.1, 0.15) is 51.9 Å². The van der Waals surface area contributed by atoms with Crippen LogP contribution >= 0.6 is 0 Å². The largest absolute Gasteiger partial charge is 0.479 e. The van der Waals surface area contributed by atoms with E-state index < -0.39 is 18.2 Å². The molecule has 0 aromatic heterocycles. The SMILES string of the molecule is CC1CCCC(NC(=O)[C@@H]2CC[C@H](C(=O)O)O2)CC1. The summed E-state index contributed by atoms with van der Waals surface area (Å²) in [5.41, 5.74) is 0. The summed E-state index contributed by atoms with van der Waals surface area (Å²) < 4.78 is 5.27. The molecule has 0 radical (unpaired) electrons. The van der Waals surface area contributed by atoms with Gasteiger partial charge in [-0.1, -0.05) is 19.8 Å². The third-order valence-electron chi connectivity index (χ3n) is 4.19. The Kier molecular flexibility index (Phi) is 4.80. The Labute approximate surface area is 113 Å². The Morgan fingerprint density at radius 3 is 2.47 bits per heavy atom. The predicted octanol–water partition coefficient (Wildman–Crippen LogP) is 1.70. The first-order chi connectivity index (χ1) is 9.06. The molecule has 1 saturated carbocycles. The number of carbonyl (C=O) groups is 2. The van der Waals surface area contributed by atoms with Gasteiger partial charge in [-0.15, -0.1) is 0 Å². The fourth-order valence-corrected chi connectivity index (χ4v) is 2.94. The molecule has 19 heavy (non-hydrogen) atoms. The van der Waals surface area contributed by atoms with Crippen molar-refractivity contribution in [2.45, 2.75) is 70.1 Å². The van der Waals surface area contributed by atoms with Crippen molar-refractivity contribution in [1.29, 1.82) is 0 Å². The van der Waals surface area contributed by atoms with Gasteiger partial charge in [-0.05, 0) is 38.0 Å². The molecular formula is C14H23NO4. The quantitative estimate of drug-likeness (QED) is 0.765. The second kappa shape index (κ2) is 6.37. The first-order valence-corrected chi connectivity index (χ1v) is 7.25. The van der Waals surface area contributed by atoms with Crippen molar-refractivity contribution in [2.75, 3.05) is 0 Å². The van der Waals surface area contributed by atoms with Crippen LogP contribution in [0.2, 0.25) is 0 Å². The van der Waals surface area contributed by atoms with Gasteiger partial charge in [0.05, 0.1) is 0 Å². The van der Waals surface area contributed by atoms with Crippen LogP contribution in [0.25, 0.3) is 0 Å². The lowest BCUT2D eigenvalue weighted by molar-refractivity contribution is -0.151. The van der Waals surface area contributed by atoms with Gasteiger partial charge >= 0.3 is 5.97 Å². The summed E-state index contributed by atoms with van der Waals surface area (Å²) in [5.74, 6) is -0.372. The predicted molar refractivity (Wildman–Crippen MR) is 69.7 cm³/mol. The lowest BCUT2D eigenvalue weighted by Gasteiger charge is -2.19. The molecule has 0 bridgehead atoms. The van der Waals surface area contributed by atoms with E-state index in [4.69, 9.17) is 9.84 Å². The maximum atomic E-state index is 12.0. The van der Waals surface area contributed by atoms with Crippen molar-refractivity contribution in [3.8, 4) is 0 Å². The molecule has 2 rings (SSSR count). The summed E-state index contributed by atoms with van der Waals surface area (Å²) in [4.78, 5) is 22.8. The van der Waals surface area contributed by atoms with E-state index in [1.165, 1.54) is 6.42 Å². The molecule has 1 amide bonds. The lowest BCUT2D eigenvalue weighted by Crippen LogP contribution is -2.41. The molecule has 0 spiro atoms. The molecule has 2 fully saturated rings. The van der Waals surface area contributed by atoms with Gasteiger partial charge in [0.25, 0.3) is 0 Å². The highest BCUT2D eigenvalue weighted by atomic mass is 16.5. The number of hydrogen-bond acceptors (Lipinski definition) is 3. The minimum absolute atomic E-state index is 0.136. The number of nitrogens with one attached hydrogen (secondary N) is 1.